The van der Waals surface area contributed by atoms with Crippen molar-refractivity contribution in [1.29, 1.82) is 0 Å². The molecule has 3 aromatic rings. The SMILES string of the molecule is Cc1nc2ccc(C(=O)N=CC3CCC(CCN4CCc5sc(CCC(F)(F)F)nc5C4)CC3)cc2o1. The number of aryl methyl sites for hydroxylation is 2. The van der Waals surface area contributed by atoms with E-state index in [1.165, 1.54) is 11.3 Å². The third kappa shape index (κ3) is 6.84. The lowest BCUT2D eigenvalue weighted by Crippen LogP contribution is -2.32. The Balaban J connectivity index is 1.04. The molecular formula is C27H31F3N4O2S. The number of aliphatic imine (C=N–C) groups is 1. The standard InChI is InChI=1S/C27H31F3N4O2S/c1-17-32-21-7-6-20(14-23(21)36-17)26(35)31-15-19-4-2-18(3-5-19)9-12-34-13-10-24-22(16-34)33-25(37-24)8-11-27(28,29)30/h6-7,14-15,18-19H,2-5,8-13,16H2,1H3. The number of fused-ring (bicyclic) bond motifs is 2. The van der Waals surface area contributed by atoms with E-state index < -0.39 is 12.6 Å². The summed E-state index contributed by atoms with van der Waals surface area (Å²) in [6.45, 7) is 4.44. The van der Waals surface area contributed by atoms with Crippen molar-refractivity contribution in [2.24, 2.45) is 16.8 Å². The largest absolute Gasteiger partial charge is 0.441 e. The highest BCUT2D eigenvalue weighted by Gasteiger charge is 2.28. The summed E-state index contributed by atoms with van der Waals surface area (Å²) in [5, 5.41) is 0.608. The van der Waals surface area contributed by atoms with Crippen LogP contribution in [0.1, 0.15) is 70.4 Å². The van der Waals surface area contributed by atoms with Gasteiger partial charge in [0.1, 0.15) is 5.52 Å². The second-order valence-electron chi connectivity index (χ2n) is 10.2. The number of hydrogen-bond donors (Lipinski definition) is 0. The second kappa shape index (κ2) is 11.0. The summed E-state index contributed by atoms with van der Waals surface area (Å²) < 4.78 is 43.1. The molecule has 3 heterocycles. The number of halogens is 3. The van der Waals surface area contributed by atoms with Gasteiger partial charge in [0, 0.05) is 49.5 Å². The van der Waals surface area contributed by atoms with Crippen LogP contribution in [0.2, 0.25) is 0 Å². The monoisotopic (exact) mass is 532 g/mol. The van der Waals surface area contributed by atoms with Crippen LogP contribution in [0.5, 0.6) is 0 Å². The molecule has 1 amide bonds. The van der Waals surface area contributed by atoms with E-state index in [1.54, 1.807) is 25.1 Å². The molecule has 1 aliphatic heterocycles. The van der Waals surface area contributed by atoms with Gasteiger partial charge in [-0.1, -0.05) is 0 Å². The van der Waals surface area contributed by atoms with Crippen LogP contribution in [0.15, 0.2) is 27.6 Å². The summed E-state index contributed by atoms with van der Waals surface area (Å²) in [4.78, 5) is 29.0. The van der Waals surface area contributed by atoms with E-state index in [2.05, 4.69) is 19.9 Å². The summed E-state index contributed by atoms with van der Waals surface area (Å²) in [6, 6.07) is 5.22. The highest BCUT2D eigenvalue weighted by atomic mass is 32.1. The molecule has 0 radical (unpaired) electrons. The molecule has 0 N–H and O–H groups in total. The highest BCUT2D eigenvalue weighted by Crippen LogP contribution is 2.32. The Morgan fingerprint density at radius 3 is 2.84 bits per heavy atom. The topological polar surface area (TPSA) is 71.6 Å². The predicted molar refractivity (Wildman–Crippen MR) is 137 cm³/mol. The van der Waals surface area contributed by atoms with Gasteiger partial charge in [-0.25, -0.2) is 15.0 Å². The Morgan fingerprint density at radius 1 is 1.24 bits per heavy atom. The summed E-state index contributed by atoms with van der Waals surface area (Å²) in [5.74, 6) is 1.28. The highest BCUT2D eigenvalue weighted by molar-refractivity contribution is 7.11. The number of benzene rings is 1. The van der Waals surface area contributed by atoms with Gasteiger partial charge in [-0.3, -0.25) is 9.69 Å². The van der Waals surface area contributed by atoms with E-state index in [4.69, 9.17) is 4.42 Å². The quantitative estimate of drug-likeness (QED) is 0.323. The molecule has 0 bridgehead atoms. The van der Waals surface area contributed by atoms with E-state index in [0.29, 0.717) is 33.9 Å². The average Bonchev–Trinajstić information content (AvgIpc) is 3.46. The van der Waals surface area contributed by atoms with Gasteiger partial charge < -0.3 is 4.42 Å². The van der Waals surface area contributed by atoms with Crippen molar-refractivity contribution < 1.29 is 22.4 Å². The van der Waals surface area contributed by atoms with Gasteiger partial charge in [-0.15, -0.1) is 11.3 Å². The first-order valence-electron chi connectivity index (χ1n) is 12.9. The smallest absolute Gasteiger partial charge is 0.389 e. The molecule has 0 unspecified atom stereocenters. The lowest BCUT2D eigenvalue weighted by Gasteiger charge is -2.30. The summed E-state index contributed by atoms with van der Waals surface area (Å²) in [6.07, 6.45) is 3.14. The number of thiazole rings is 1. The summed E-state index contributed by atoms with van der Waals surface area (Å²) >= 11 is 1.45. The van der Waals surface area contributed by atoms with E-state index in [1.807, 2.05) is 6.21 Å². The Morgan fingerprint density at radius 2 is 2.05 bits per heavy atom. The molecule has 0 saturated heterocycles. The zero-order chi connectivity index (χ0) is 26.0. The first-order chi connectivity index (χ1) is 17.7. The van der Waals surface area contributed by atoms with Gasteiger partial charge in [0.05, 0.1) is 10.7 Å². The predicted octanol–water partition coefficient (Wildman–Crippen LogP) is 6.55. The number of alkyl halides is 3. The Kier molecular flexibility index (Phi) is 7.76. The van der Waals surface area contributed by atoms with Gasteiger partial charge in [0.25, 0.3) is 5.91 Å². The molecule has 2 aromatic heterocycles. The number of amides is 1. The third-order valence-corrected chi connectivity index (χ3v) is 8.58. The number of carbonyl (C=O) groups is 1. The molecule has 0 atom stereocenters. The van der Waals surface area contributed by atoms with Crippen LogP contribution in [-0.4, -0.2) is 46.3 Å². The lowest BCUT2D eigenvalue weighted by atomic mass is 9.81. The Hall–Kier alpha value is -2.59. The maximum atomic E-state index is 12.5. The molecule has 0 spiro atoms. The van der Waals surface area contributed by atoms with Gasteiger partial charge in [-0.05, 0) is 75.1 Å². The molecule has 1 aromatic carbocycles. The van der Waals surface area contributed by atoms with Crippen molar-refractivity contribution in [3.05, 3.63) is 45.2 Å². The zero-order valence-electron chi connectivity index (χ0n) is 20.9. The van der Waals surface area contributed by atoms with Gasteiger partial charge in [0.15, 0.2) is 11.5 Å². The van der Waals surface area contributed by atoms with Gasteiger partial charge in [0.2, 0.25) is 0 Å². The molecule has 5 rings (SSSR count). The molecule has 198 valence electrons. The number of hydrogen-bond acceptors (Lipinski definition) is 6. The maximum Gasteiger partial charge on any atom is 0.389 e. The van der Waals surface area contributed by atoms with Crippen LogP contribution in [-0.2, 0) is 19.4 Å². The van der Waals surface area contributed by atoms with Crippen LogP contribution in [0.4, 0.5) is 13.2 Å². The first-order valence-corrected chi connectivity index (χ1v) is 13.8. The molecule has 6 nitrogen and oxygen atoms in total. The van der Waals surface area contributed by atoms with E-state index >= 15 is 0 Å². The van der Waals surface area contributed by atoms with Crippen LogP contribution in [0.25, 0.3) is 11.1 Å². The molecule has 1 saturated carbocycles. The van der Waals surface area contributed by atoms with Crippen molar-refractivity contribution in [3.63, 3.8) is 0 Å². The summed E-state index contributed by atoms with van der Waals surface area (Å²) in [7, 11) is 0. The zero-order valence-corrected chi connectivity index (χ0v) is 21.7. The van der Waals surface area contributed by atoms with Crippen molar-refractivity contribution in [1.82, 2.24) is 14.9 Å². The van der Waals surface area contributed by atoms with Crippen LogP contribution < -0.4 is 0 Å². The fourth-order valence-electron chi connectivity index (χ4n) is 5.26. The molecule has 2 aliphatic rings. The van der Waals surface area contributed by atoms with E-state index in [9.17, 15) is 18.0 Å². The molecule has 1 aliphatic carbocycles. The Labute approximate surface area is 218 Å². The minimum absolute atomic E-state index is 0.0182. The molecule has 10 heteroatoms. The number of rotatable bonds is 7. The third-order valence-electron chi connectivity index (χ3n) is 7.36. The molecular weight excluding hydrogens is 501 g/mol. The maximum absolute atomic E-state index is 12.5. The number of carbonyl (C=O) groups excluding carboxylic acids is 1. The second-order valence-corrected chi connectivity index (χ2v) is 11.4. The fourth-order valence-corrected chi connectivity index (χ4v) is 6.33. The average molecular weight is 533 g/mol. The van der Waals surface area contributed by atoms with Crippen molar-refractivity contribution in [3.8, 4) is 0 Å². The lowest BCUT2D eigenvalue weighted by molar-refractivity contribution is -0.134. The number of nitrogens with zero attached hydrogens (tertiary/aromatic N) is 4. The molecule has 37 heavy (non-hydrogen) atoms. The van der Waals surface area contributed by atoms with E-state index in [-0.39, 0.29) is 12.3 Å². The van der Waals surface area contributed by atoms with Crippen molar-refractivity contribution in [2.45, 2.75) is 71.0 Å². The Bertz CT molecular complexity index is 1270. The van der Waals surface area contributed by atoms with Crippen molar-refractivity contribution >= 4 is 34.6 Å². The molecule has 1 fully saturated rings. The summed E-state index contributed by atoms with van der Waals surface area (Å²) in [5.41, 5.74) is 2.81. The minimum Gasteiger partial charge on any atom is -0.441 e. The van der Waals surface area contributed by atoms with Crippen LogP contribution in [0.3, 0.4) is 0 Å². The number of oxazole rings is 1. The van der Waals surface area contributed by atoms with E-state index in [0.717, 1.165) is 74.2 Å². The van der Waals surface area contributed by atoms with Crippen LogP contribution >= 0.6 is 11.3 Å². The van der Waals surface area contributed by atoms with Crippen molar-refractivity contribution in [2.75, 3.05) is 13.1 Å². The fraction of sp³-hybridized carbons (Fsp3) is 0.556. The normalized spacial score (nSPS) is 21.1. The van der Waals surface area contributed by atoms with Gasteiger partial charge in [-0.2, -0.15) is 13.2 Å². The minimum atomic E-state index is -4.13. The first kappa shape index (κ1) is 26.0. The van der Waals surface area contributed by atoms with Gasteiger partial charge >= 0.3 is 6.18 Å². The van der Waals surface area contributed by atoms with Crippen LogP contribution in [0, 0.1) is 18.8 Å². The number of aromatic nitrogens is 2.